The van der Waals surface area contributed by atoms with Gasteiger partial charge >= 0.3 is 0 Å². The average molecular weight is 336 g/mol. The van der Waals surface area contributed by atoms with Crippen LogP contribution in [0.15, 0.2) is 23.4 Å². The van der Waals surface area contributed by atoms with E-state index in [1.165, 1.54) is 23.6 Å². The van der Waals surface area contributed by atoms with E-state index in [-0.39, 0.29) is 11.5 Å². The lowest BCUT2D eigenvalue weighted by Gasteiger charge is -2.10. The van der Waals surface area contributed by atoms with Crippen LogP contribution in [0.1, 0.15) is 50.2 Å². The van der Waals surface area contributed by atoms with Gasteiger partial charge in [0.2, 0.25) is 0 Å². The quantitative estimate of drug-likeness (QED) is 0.775. The summed E-state index contributed by atoms with van der Waals surface area (Å²) in [6.07, 6.45) is 9.01. The third-order valence-electron chi connectivity index (χ3n) is 4.76. The highest BCUT2D eigenvalue weighted by atomic mass is 16.1. The van der Waals surface area contributed by atoms with Crippen LogP contribution >= 0.6 is 0 Å². The van der Waals surface area contributed by atoms with E-state index < -0.39 is 0 Å². The molecule has 1 saturated carbocycles. The van der Waals surface area contributed by atoms with Gasteiger partial charge in [-0.15, -0.1) is 0 Å². The molecule has 0 bridgehead atoms. The Labute approximate surface area is 144 Å². The first-order valence-electron chi connectivity index (χ1n) is 8.65. The molecule has 0 aromatic carbocycles. The Hall–Kier alpha value is -2.88. The third kappa shape index (κ3) is 2.74. The van der Waals surface area contributed by atoms with Crippen molar-refractivity contribution in [1.29, 1.82) is 5.26 Å². The number of nitriles is 1. The van der Waals surface area contributed by atoms with Crippen LogP contribution in [-0.2, 0) is 6.54 Å². The molecule has 7 nitrogen and oxygen atoms in total. The summed E-state index contributed by atoms with van der Waals surface area (Å²) >= 11 is 0. The maximum Gasteiger partial charge on any atom is 0.276 e. The molecule has 25 heavy (non-hydrogen) atoms. The fourth-order valence-electron chi connectivity index (χ4n) is 3.18. The first-order chi connectivity index (χ1) is 12.1. The fraction of sp³-hybridized carbons (Fsp3) is 0.444. The maximum absolute atomic E-state index is 12.9. The van der Waals surface area contributed by atoms with Crippen LogP contribution in [0.25, 0.3) is 16.9 Å². The minimum absolute atomic E-state index is 0.00977. The van der Waals surface area contributed by atoms with E-state index >= 15 is 0 Å². The Morgan fingerprint density at radius 1 is 1.44 bits per heavy atom. The second-order valence-electron chi connectivity index (χ2n) is 7.02. The predicted octanol–water partition coefficient (Wildman–Crippen LogP) is 2.68. The highest BCUT2D eigenvalue weighted by molar-refractivity contribution is 5.67. The van der Waals surface area contributed by atoms with Gasteiger partial charge in [-0.2, -0.15) is 10.4 Å². The number of nitrogens with zero attached hydrogens (tertiary/aromatic N) is 5. The Kier molecular flexibility index (Phi) is 3.68. The molecule has 0 amide bonds. The van der Waals surface area contributed by atoms with Crippen LogP contribution in [0.4, 0.5) is 0 Å². The first-order valence-corrected chi connectivity index (χ1v) is 8.65. The molecule has 0 unspecified atom stereocenters. The molecular formula is C18H20N6O. The van der Waals surface area contributed by atoms with Crippen LogP contribution in [0, 0.1) is 17.2 Å². The number of hydrogen-bond donors (Lipinski definition) is 1. The van der Waals surface area contributed by atoms with Crippen LogP contribution in [0.3, 0.4) is 0 Å². The Balaban J connectivity index is 1.83. The van der Waals surface area contributed by atoms with Gasteiger partial charge < -0.3 is 0 Å². The summed E-state index contributed by atoms with van der Waals surface area (Å²) < 4.78 is 3.26. The van der Waals surface area contributed by atoms with E-state index in [2.05, 4.69) is 21.3 Å². The van der Waals surface area contributed by atoms with Gasteiger partial charge in [0.1, 0.15) is 11.6 Å². The van der Waals surface area contributed by atoms with Crippen molar-refractivity contribution in [3.63, 3.8) is 0 Å². The van der Waals surface area contributed by atoms with Crippen molar-refractivity contribution in [1.82, 2.24) is 24.4 Å². The molecule has 3 heterocycles. The van der Waals surface area contributed by atoms with Crippen molar-refractivity contribution >= 4 is 5.65 Å². The number of fused-ring (bicyclic) bond motifs is 1. The van der Waals surface area contributed by atoms with Crippen molar-refractivity contribution in [2.45, 2.75) is 45.6 Å². The summed E-state index contributed by atoms with van der Waals surface area (Å²) in [5.41, 5.74) is 2.62. The molecule has 1 aliphatic carbocycles. The van der Waals surface area contributed by atoms with E-state index in [0.717, 1.165) is 24.4 Å². The number of rotatable bonds is 5. The fourth-order valence-corrected chi connectivity index (χ4v) is 3.18. The zero-order chi connectivity index (χ0) is 17.6. The average Bonchev–Trinajstić information content (AvgIpc) is 3.14. The molecule has 1 aliphatic rings. The van der Waals surface area contributed by atoms with Crippen LogP contribution in [-0.4, -0.2) is 24.4 Å². The number of aromatic amines is 1. The molecular weight excluding hydrogens is 316 g/mol. The summed E-state index contributed by atoms with van der Waals surface area (Å²) in [6.45, 7) is 4.83. The van der Waals surface area contributed by atoms with Crippen molar-refractivity contribution in [3.8, 4) is 17.3 Å². The number of H-pyrrole nitrogens is 1. The second kappa shape index (κ2) is 5.88. The molecule has 0 radical (unpaired) electrons. The summed E-state index contributed by atoms with van der Waals surface area (Å²) in [5.74, 6) is 0.853. The molecule has 4 rings (SSSR count). The molecule has 3 aromatic rings. The maximum atomic E-state index is 12.9. The van der Waals surface area contributed by atoms with Gasteiger partial charge in [-0.05, 0) is 18.3 Å². The lowest BCUT2D eigenvalue weighted by atomic mass is 10.00. The van der Waals surface area contributed by atoms with E-state index in [9.17, 15) is 10.1 Å². The first kappa shape index (κ1) is 15.6. The minimum Gasteiger partial charge on any atom is -0.295 e. The number of aryl methyl sites for hydroxylation is 1. The smallest absolute Gasteiger partial charge is 0.276 e. The molecule has 0 atom stereocenters. The third-order valence-corrected chi connectivity index (χ3v) is 4.76. The number of hydrogen-bond acceptors (Lipinski definition) is 4. The monoisotopic (exact) mass is 336 g/mol. The van der Waals surface area contributed by atoms with Crippen LogP contribution < -0.4 is 5.56 Å². The predicted molar refractivity (Wildman–Crippen MR) is 93.2 cm³/mol. The lowest BCUT2D eigenvalue weighted by Crippen LogP contribution is -2.22. The Bertz CT molecular complexity index is 1030. The van der Waals surface area contributed by atoms with Gasteiger partial charge in [-0.25, -0.2) is 9.50 Å². The molecule has 0 saturated heterocycles. The van der Waals surface area contributed by atoms with Crippen molar-refractivity contribution in [3.05, 3.63) is 40.1 Å². The highest BCUT2D eigenvalue weighted by Gasteiger charge is 2.22. The molecule has 0 aliphatic heterocycles. The summed E-state index contributed by atoms with van der Waals surface area (Å²) in [4.78, 5) is 17.5. The van der Waals surface area contributed by atoms with E-state index in [4.69, 9.17) is 0 Å². The second-order valence-corrected chi connectivity index (χ2v) is 7.02. The van der Waals surface area contributed by atoms with Gasteiger partial charge in [0, 0.05) is 30.1 Å². The van der Waals surface area contributed by atoms with Crippen LogP contribution in [0.5, 0.6) is 0 Å². The molecule has 128 valence electrons. The largest absolute Gasteiger partial charge is 0.295 e. The zero-order valence-corrected chi connectivity index (χ0v) is 14.4. The van der Waals surface area contributed by atoms with Gasteiger partial charge in [0.15, 0.2) is 5.65 Å². The SMILES string of the molecule is CC(C)c1c(-c2cnn(CCC3CC3)c2)nc2c(C#N)c[nH]n2c1=O. The molecule has 3 aromatic heterocycles. The standard InChI is InChI=1S/C18H20N6O/c1-11(2)15-16(14-9-20-23(10-14)6-5-12-3-4-12)22-17-13(7-19)8-21-24(17)18(15)25/h8-12,21H,3-6H2,1-2H3. The molecule has 0 spiro atoms. The topological polar surface area (TPSA) is 91.8 Å². The number of aromatic nitrogens is 5. The van der Waals surface area contributed by atoms with Crippen molar-refractivity contribution in [2.24, 2.45) is 5.92 Å². The highest BCUT2D eigenvalue weighted by Crippen LogP contribution is 2.33. The molecule has 1 N–H and O–H groups in total. The van der Waals surface area contributed by atoms with Gasteiger partial charge in [-0.1, -0.05) is 26.7 Å². The van der Waals surface area contributed by atoms with Gasteiger partial charge in [0.25, 0.3) is 5.56 Å². The molecule has 1 fully saturated rings. The van der Waals surface area contributed by atoms with E-state index in [0.29, 0.717) is 22.5 Å². The number of nitrogens with one attached hydrogen (secondary N) is 1. The van der Waals surface area contributed by atoms with Crippen LogP contribution in [0.2, 0.25) is 0 Å². The van der Waals surface area contributed by atoms with Crippen molar-refractivity contribution < 1.29 is 0 Å². The van der Waals surface area contributed by atoms with Gasteiger partial charge in [-0.3, -0.25) is 14.6 Å². The summed E-state index contributed by atoms with van der Waals surface area (Å²) in [6, 6.07) is 2.08. The lowest BCUT2D eigenvalue weighted by molar-refractivity contribution is 0.547. The van der Waals surface area contributed by atoms with E-state index in [1.54, 1.807) is 6.20 Å². The molecule has 7 heteroatoms. The van der Waals surface area contributed by atoms with Gasteiger partial charge in [0.05, 0.1) is 11.9 Å². The Morgan fingerprint density at radius 2 is 2.24 bits per heavy atom. The summed E-state index contributed by atoms with van der Waals surface area (Å²) in [7, 11) is 0. The summed E-state index contributed by atoms with van der Waals surface area (Å²) in [5, 5.41) is 16.5. The normalized spacial score (nSPS) is 14.3. The zero-order valence-electron chi connectivity index (χ0n) is 14.4. The van der Waals surface area contributed by atoms with Crippen molar-refractivity contribution in [2.75, 3.05) is 0 Å². The Morgan fingerprint density at radius 3 is 2.92 bits per heavy atom. The van der Waals surface area contributed by atoms with E-state index in [1.807, 2.05) is 24.7 Å². The minimum atomic E-state index is -0.165.